The van der Waals surface area contributed by atoms with Crippen molar-refractivity contribution >= 4 is 23.2 Å². The summed E-state index contributed by atoms with van der Waals surface area (Å²) in [6, 6.07) is 13.3. The molecule has 2 rings (SSSR count). The van der Waals surface area contributed by atoms with Crippen LogP contribution in [0.5, 0.6) is 0 Å². The van der Waals surface area contributed by atoms with Gasteiger partial charge in [0.2, 0.25) is 11.8 Å². The van der Waals surface area contributed by atoms with Gasteiger partial charge in [0.25, 0.3) is 0 Å². The van der Waals surface area contributed by atoms with Crippen LogP contribution in [0.1, 0.15) is 42.8 Å². The van der Waals surface area contributed by atoms with Crippen molar-refractivity contribution in [3.8, 4) is 0 Å². The topological polar surface area (TPSA) is 58.2 Å². The highest BCUT2D eigenvalue weighted by molar-refractivity contribution is 7.10. The Morgan fingerprint density at radius 2 is 1.82 bits per heavy atom. The highest BCUT2D eigenvalue weighted by Gasteiger charge is 2.19. The summed E-state index contributed by atoms with van der Waals surface area (Å²) >= 11 is 1.54. The van der Waals surface area contributed by atoms with E-state index in [1.54, 1.807) is 0 Å². The van der Waals surface area contributed by atoms with Crippen molar-refractivity contribution in [1.82, 2.24) is 10.6 Å². The zero-order valence-electron chi connectivity index (χ0n) is 12.7. The van der Waals surface area contributed by atoms with Crippen LogP contribution in [0.3, 0.4) is 0 Å². The van der Waals surface area contributed by atoms with Crippen LogP contribution in [0, 0.1) is 0 Å². The molecule has 0 spiro atoms. The fourth-order valence-corrected chi connectivity index (χ4v) is 3.05. The van der Waals surface area contributed by atoms with Crippen LogP contribution in [0.15, 0.2) is 47.8 Å². The molecule has 4 nitrogen and oxygen atoms in total. The average molecular weight is 316 g/mol. The fourth-order valence-electron chi connectivity index (χ4n) is 2.27. The molecule has 5 heteroatoms. The zero-order valence-corrected chi connectivity index (χ0v) is 13.5. The summed E-state index contributed by atoms with van der Waals surface area (Å²) < 4.78 is 0. The van der Waals surface area contributed by atoms with E-state index in [2.05, 4.69) is 10.6 Å². The molecule has 22 heavy (non-hydrogen) atoms. The van der Waals surface area contributed by atoms with Gasteiger partial charge < -0.3 is 10.6 Å². The second-order valence-corrected chi connectivity index (χ2v) is 6.15. The predicted molar refractivity (Wildman–Crippen MR) is 88.5 cm³/mol. The first-order valence-corrected chi connectivity index (χ1v) is 8.09. The Morgan fingerprint density at radius 1 is 1.09 bits per heavy atom. The summed E-state index contributed by atoms with van der Waals surface area (Å²) in [7, 11) is 0. The number of hydrogen-bond donors (Lipinski definition) is 2. The molecular weight excluding hydrogens is 296 g/mol. The van der Waals surface area contributed by atoms with Crippen molar-refractivity contribution in [3.05, 3.63) is 58.3 Å². The van der Waals surface area contributed by atoms with E-state index in [-0.39, 0.29) is 30.3 Å². The summed E-state index contributed by atoms with van der Waals surface area (Å²) in [5.41, 5.74) is 1.06. The molecule has 0 saturated carbocycles. The summed E-state index contributed by atoms with van der Waals surface area (Å²) in [5.74, 6) is -0.217. The van der Waals surface area contributed by atoms with Crippen molar-refractivity contribution in [2.75, 3.05) is 0 Å². The largest absolute Gasteiger partial charge is 0.350 e. The maximum absolute atomic E-state index is 12.3. The Kier molecular flexibility index (Phi) is 5.72. The van der Waals surface area contributed by atoms with E-state index in [4.69, 9.17) is 0 Å². The van der Waals surface area contributed by atoms with Crippen molar-refractivity contribution < 1.29 is 9.59 Å². The van der Waals surface area contributed by atoms with Crippen molar-refractivity contribution in [1.29, 1.82) is 0 Å². The molecule has 0 bridgehead atoms. The molecule has 116 valence electrons. The Labute approximate surface area is 134 Å². The molecule has 0 aliphatic rings. The van der Waals surface area contributed by atoms with E-state index in [9.17, 15) is 9.59 Å². The minimum absolute atomic E-state index is 0.0602. The summed E-state index contributed by atoms with van der Waals surface area (Å²) in [5, 5.41) is 7.75. The summed E-state index contributed by atoms with van der Waals surface area (Å²) in [6.07, 6.45) is 0.233. The number of carbonyl (C=O) groups is 2. The van der Waals surface area contributed by atoms with E-state index < -0.39 is 0 Å². The van der Waals surface area contributed by atoms with Gasteiger partial charge >= 0.3 is 0 Å². The maximum Gasteiger partial charge on any atom is 0.222 e. The first kappa shape index (κ1) is 16.2. The van der Waals surface area contributed by atoms with Crippen LogP contribution in [-0.2, 0) is 9.59 Å². The monoisotopic (exact) mass is 316 g/mol. The highest BCUT2D eigenvalue weighted by Crippen LogP contribution is 2.22. The molecule has 2 atom stereocenters. The number of rotatable bonds is 6. The van der Waals surface area contributed by atoms with E-state index in [0.29, 0.717) is 0 Å². The van der Waals surface area contributed by atoms with Crippen molar-refractivity contribution in [2.24, 2.45) is 0 Å². The number of amides is 2. The molecule has 0 aliphatic heterocycles. The van der Waals surface area contributed by atoms with Gasteiger partial charge in [-0.2, -0.15) is 0 Å². The lowest BCUT2D eigenvalue weighted by molar-refractivity contribution is -0.123. The average Bonchev–Trinajstić information content (AvgIpc) is 3.01. The van der Waals surface area contributed by atoms with E-state index in [1.165, 1.54) is 18.3 Å². The maximum atomic E-state index is 12.3. The quantitative estimate of drug-likeness (QED) is 0.860. The van der Waals surface area contributed by atoms with Crippen LogP contribution in [-0.4, -0.2) is 11.8 Å². The molecule has 0 saturated heterocycles. The third kappa shape index (κ3) is 4.70. The molecular formula is C17H20N2O2S. The molecule has 1 aromatic carbocycles. The molecule has 0 fully saturated rings. The van der Waals surface area contributed by atoms with Gasteiger partial charge in [-0.1, -0.05) is 36.4 Å². The number of nitrogens with one attached hydrogen (secondary N) is 2. The first-order chi connectivity index (χ1) is 10.6. The fraction of sp³-hybridized carbons (Fsp3) is 0.294. The SMILES string of the molecule is CC(=O)N[C@H](CC(=O)N[C@H](C)c1ccccc1)c1cccs1. The second-order valence-electron chi connectivity index (χ2n) is 5.17. The van der Waals surface area contributed by atoms with E-state index >= 15 is 0 Å². The minimum Gasteiger partial charge on any atom is -0.350 e. The first-order valence-electron chi connectivity index (χ1n) is 7.21. The van der Waals surface area contributed by atoms with Gasteiger partial charge in [0.05, 0.1) is 18.5 Å². The normalized spacial score (nSPS) is 13.2. The molecule has 0 aliphatic carbocycles. The summed E-state index contributed by atoms with van der Waals surface area (Å²) in [6.45, 7) is 3.41. The van der Waals surface area contributed by atoms with Crippen LogP contribution in [0.2, 0.25) is 0 Å². The standard InChI is InChI=1S/C17H20N2O2S/c1-12(14-7-4-3-5-8-14)18-17(21)11-15(19-13(2)20)16-9-6-10-22-16/h3-10,12,15H,11H2,1-2H3,(H,18,21)(H,19,20)/t12-,15-/m1/s1. The molecule has 2 amide bonds. The Balaban J connectivity index is 1.98. The second kappa shape index (κ2) is 7.75. The van der Waals surface area contributed by atoms with Gasteiger partial charge in [-0.05, 0) is 23.9 Å². The van der Waals surface area contributed by atoms with E-state index in [1.807, 2.05) is 54.8 Å². The number of hydrogen-bond acceptors (Lipinski definition) is 3. The van der Waals surface area contributed by atoms with Crippen LogP contribution in [0.4, 0.5) is 0 Å². The van der Waals surface area contributed by atoms with Crippen LogP contribution >= 0.6 is 11.3 Å². The van der Waals surface area contributed by atoms with Gasteiger partial charge in [0, 0.05) is 11.8 Å². The third-order valence-electron chi connectivity index (χ3n) is 3.33. The van der Waals surface area contributed by atoms with Gasteiger partial charge in [-0.3, -0.25) is 9.59 Å². The Bertz CT molecular complexity index is 611. The van der Waals surface area contributed by atoms with Crippen LogP contribution in [0.25, 0.3) is 0 Å². The molecule has 1 heterocycles. The minimum atomic E-state index is -0.277. The van der Waals surface area contributed by atoms with Crippen molar-refractivity contribution in [3.63, 3.8) is 0 Å². The van der Waals surface area contributed by atoms with Gasteiger partial charge in [-0.15, -0.1) is 11.3 Å². The lowest BCUT2D eigenvalue weighted by atomic mass is 10.1. The number of carbonyl (C=O) groups excluding carboxylic acids is 2. The zero-order chi connectivity index (χ0) is 15.9. The molecule has 2 N–H and O–H groups in total. The molecule has 1 aromatic heterocycles. The highest BCUT2D eigenvalue weighted by atomic mass is 32.1. The smallest absolute Gasteiger partial charge is 0.222 e. The lowest BCUT2D eigenvalue weighted by Gasteiger charge is -2.19. The number of benzene rings is 1. The molecule has 0 unspecified atom stereocenters. The molecule has 0 radical (unpaired) electrons. The Morgan fingerprint density at radius 3 is 2.41 bits per heavy atom. The van der Waals surface area contributed by atoms with Crippen LogP contribution < -0.4 is 10.6 Å². The molecule has 2 aromatic rings. The Hall–Kier alpha value is -2.14. The van der Waals surface area contributed by atoms with E-state index in [0.717, 1.165) is 10.4 Å². The predicted octanol–water partition coefficient (Wildman–Crippen LogP) is 3.19. The van der Waals surface area contributed by atoms with Crippen molar-refractivity contribution in [2.45, 2.75) is 32.4 Å². The van der Waals surface area contributed by atoms with Gasteiger partial charge in [-0.25, -0.2) is 0 Å². The lowest BCUT2D eigenvalue weighted by Crippen LogP contribution is -2.33. The third-order valence-corrected chi connectivity index (χ3v) is 4.32. The number of thiophene rings is 1. The van der Waals surface area contributed by atoms with Gasteiger partial charge in [0.15, 0.2) is 0 Å². The summed E-state index contributed by atoms with van der Waals surface area (Å²) in [4.78, 5) is 24.6. The van der Waals surface area contributed by atoms with Gasteiger partial charge in [0.1, 0.15) is 0 Å².